The third-order valence-electron chi connectivity index (χ3n) is 5.71. The van der Waals surface area contributed by atoms with E-state index in [0.29, 0.717) is 18.5 Å². The van der Waals surface area contributed by atoms with E-state index in [9.17, 15) is 9.90 Å². The van der Waals surface area contributed by atoms with Crippen molar-refractivity contribution in [1.82, 2.24) is 15.5 Å². The minimum atomic E-state index is -0.654. The molecule has 0 saturated carbocycles. The number of carbonyl (C=O) groups excluding carboxylic acids is 1. The molecule has 0 aliphatic carbocycles. The maximum absolute atomic E-state index is 12.6. The number of nitrogens with zero attached hydrogens (tertiary/aromatic N) is 2. The lowest BCUT2D eigenvalue weighted by Gasteiger charge is -2.35. The monoisotopic (exact) mass is 560 g/mol. The SMILES string of the molecule is CCNC(=NCC(O)COCc1ccccc1)NC1CCN(C(=O)C(CC)CC)CC1.I. The average molecular weight is 561 g/mol. The van der Waals surface area contributed by atoms with Crippen molar-refractivity contribution in [3.05, 3.63) is 35.9 Å². The highest BCUT2D eigenvalue weighted by Crippen LogP contribution is 2.17. The minimum absolute atomic E-state index is 0. The van der Waals surface area contributed by atoms with Crippen LogP contribution in [0.15, 0.2) is 35.3 Å². The number of piperidine rings is 1. The van der Waals surface area contributed by atoms with E-state index in [2.05, 4.69) is 29.5 Å². The van der Waals surface area contributed by atoms with Crippen molar-refractivity contribution in [3.63, 3.8) is 0 Å². The molecule has 1 aromatic rings. The van der Waals surface area contributed by atoms with Gasteiger partial charge in [-0.3, -0.25) is 9.79 Å². The van der Waals surface area contributed by atoms with Gasteiger partial charge in [0.1, 0.15) is 0 Å². The topological polar surface area (TPSA) is 86.2 Å². The molecule has 1 atom stereocenters. The Balaban J connectivity index is 0.00000512. The molecule has 1 aliphatic rings. The maximum Gasteiger partial charge on any atom is 0.225 e. The summed E-state index contributed by atoms with van der Waals surface area (Å²) in [7, 11) is 0. The lowest BCUT2D eigenvalue weighted by atomic mass is 9.98. The Kier molecular flexibility index (Phi) is 14.6. The summed E-state index contributed by atoms with van der Waals surface area (Å²) in [6.07, 6.45) is 2.96. The normalized spacial score (nSPS) is 15.9. The number of guanidine groups is 1. The molecular formula is C24H41IN4O3. The van der Waals surface area contributed by atoms with Gasteiger partial charge in [0, 0.05) is 31.6 Å². The summed E-state index contributed by atoms with van der Waals surface area (Å²) in [6.45, 7) is 9.50. The quantitative estimate of drug-likeness (QED) is 0.220. The van der Waals surface area contributed by atoms with Gasteiger partial charge in [-0.2, -0.15) is 0 Å². The Morgan fingerprint density at radius 1 is 1.19 bits per heavy atom. The van der Waals surface area contributed by atoms with E-state index in [0.717, 1.165) is 50.9 Å². The zero-order chi connectivity index (χ0) is 22.5. The second-order valence-corrected chi connectivity index (χ2v) is 8.13. The van der Waals surface area contributed by atoms with Crippen LogP contribution in [0.2, 0.25) is 0 Å². The van der Waals surface area contributed by atoms with Gasteiger partial charge < -0.3 is 25.4 Å². The highest BCUT2D eigenvalue weighted by atomic mass is 127. The fourth-order valence-corrected chi connectivity index (χ4v) is 3.79. The molecule has 2 rings (SSSR count). The molecule has 3 N–H and O–H groups in total. The number of aliphatic hydroxyl groups excluding tert-OH is 1. The largest absolute Gasteiger partial charge is 0.389 e. The van der Waals surface area contributed by atoms with Gasteiger partial charge >= 0.3 is 0 Å². The van der Waals surface area contributed by atoms with E-state index >= 15 is 0 Å². The first-order valence-electron chi connectivity index (χ1n) is 11.7. The molecule has 7 nitrogen and oxygen atoms in total. The van der Waals surface area contributed by atoms with Crippen LogP contribution >= 0.6 is 24.0 Å². The van der Waals surface area contributed by atoms with Crippen molar-refractivity contribution in [2.45, 2.75) is 65.2 Å². The Bertz CT molecular complexity index is 662. The lowest BCUT2D eigenvalue weighted by Crippen LogP contribution is -2.50. The number of hydrogen-bond acceptors (Lipinski definition) is 4. The number of amides is 1. The smallest absolute Gasteiger partial charge is 0.225 e. The van der Waals surface area contributed by atoms with E-state index in [-0.39, 0.29) is 49.1 Å². The molecule has 0 bridgehead atoms. The Morgan fingerprint density at radius 2 is 1.84 bits per heavy atom. The first-order chi connectivity index (χ1) is 15.1. The minimum Gasteiger partial charge on any atom is -0.389 e. The molecule has 0 radical (unpaired) electrons. The number of hydrogen-bond donors (Lipinski definition) is 3. The third-order valence-corrected chi connectivity index (χ3v) is 5.71. The van der Waals surface area contributed by atoms with Gasteiger partial charge in [-0.05, 0) is 38.2 Å². The zero-order valence-corrected chi connectivity index (χ0v) is 22.1. The van der Waals surface area contributed by atoms with Crippen molar-refractivity contribution >= 4 is 35.8 Å². The Hall–Kier alpha value is -1.39. The van der Waals surface area contributed by atoms with E-state index in [1.807, 2.05) is 42.2 Å². The predicted molar refractivity (Wildman–Crippen MR) is 140 cm³/mol. The number of nitrogens with one attached hydrogen (secondary N) is 2. The van der Waals surface area contributed by atoms with Crippen molar-refractivity contribution in [2.24, 2.45) is 10.9 Å². The summed E-state index contributed by atoms with van der Waals surface area (Å²) in [4.78, 5) is 19.1. The van der Waals surface area contributed by atoms with Gasteiger partial charge in [-0.15, -0.1) is 24.0 Å². The lowest BCUT2D eigenvalue weighted by molar-refractivity contribution is -0.136. The second-order valence-electron chi connectivity index (χ2n) is 8.13. The van der Waals surface area contributed by atoms with Gasteiger partial charge in [-0.1, -0.05) is 44.2 Å². The number of aliphatic imine (C=N–C) groups is 1. The van der Waals surface area contributed by atoms with Crippen molar-refractivity contribution < 1.29 is 14.6 Å². The molecular weight excluding hydrogens is 519 g/mol. The van der Waals surface area contributed by atoms with E-state index in [1.54, 1.807) is 0 Å². The summed E-state index contributed by atoms with van der Waals surface area (Å²) in [5.74, 6) is 1.14. The first kappa shape index (κ1) is 28.6. The molecule has 0 spiro atoms. The van der Waals surface area contributed by atoms with Crippen LogP contribution in [0.1, 0.15) is 52.0 Å². The summed E-state index contributed by atoms with van der Waals surface area (Å²) in [5, 5.41) is 16.9. The molecule has 32 heavy (non-hydrogen) atoms. The molecule has 1 aromatic carbocycles. The fraction of sp³-hybridized carbons (Fsp3) is 0.667. The third kappa shape index (κ3) is 10.0. The number of ether oxygens (including phenoxy) is 1. The zero-order valence-electron chi connectivity index (χ0n) is 19.8. The van der Waals surface area contributed by atoms with E-state index < -0.39 is 6.10 Å². The number of rotatable bonds is 11. The molecule has 1 heterocycles. The molecule has 1 fully saturated rings. The molecule has 182 valence electrons. The number of likely N-dealkylation sites (tertiary alicyclic amines) is 1. The van der Waals surface area contributed by atoms with Gasteiger partial charge in [0.25, 0.3) is 0 Å². The van der Waals surface area contributed by atoms with Crippen LogP contribution in [0.25, 0.3) is 0 Å². The van der Waals surface area contributed by atoms with Crippen LogP contribution in [-0.2, 0) is 16.1 Å². The number of benzene rings is 1. The summed E-state index contributed by atoms with van der Waals surface area (Å²) >= 11 is 0. The van der Waals surface area contributed by atoms with Crippen LogP contribution in [0, 0.1) is 5.92 Å². The van der Waals surface area contributed by atoms with Crippen molar-refractivity contribution in [3.8, 4) is 0 Å². The Labute approximate surface area is 210 Å². The molecule has 0 aromatic heterocycles. The fourth-order valence-electron chi connectivity index (χ4n) is 3.79. The van der Waals surface area contributed by atoms with Crippen molar-refractivity contribution in [2.75, 3.05) is 32.8 Å². The predicted octanol–water partition coefficient (Wildman–Crippen LogP) is 3.16. The number of aliphatic hydroxyl groups is 1. The van der Waals surface area contributed by atoms with Crippen LogP contribution in [0.3, 0.4) is 0 Å². The summed E-state index contributed by atoms with van der Waals surface area (Å²) in [5.41, 5.74) is 1.09. The van der Waals surface area contributed by atoms with Crippen LogP contribution in [0.4, 0.5) is 0 Å². The molecule has 8 heteroatoms. The molecule has 1 amide bonds. The van der Waals surface area contributed by atoms with Crippen molar-refractivity contribution in [1.29, 1.82) is 0 Å². The summed E-state index contributed by atoms with van der Waals surface area (Å²) in [6, 6.07) is 10.2. The maximum atomic E-state index is 12.6. The molecule has 1 aliphatic heterocycles. The van der Waals surface area contributed by atoms with E-state index in [1.165, 1.54) is 0 Å². The average Bonchev–Trinajstić information content (AvgIpc) is 2.79. The highest BCUT2D eigenvalue weighted by molar-refractivity contribution is 14.0. The highest BCUT2D eigenvalue weighted by Gasteiger charge is 2.26. The molecule has 1 unspecified atom stereocenters. The second kappa shape index (κ2) is 16.3. The van der Waals surface area contributed by atoms with Gasteiger partial charge in [0.15, 0.2) is 5.96 Å². The first-order valence-corrected chi connectivity index (χ1v) is 11.7. The van der Waals surface area contributed by atoms with Gasteiger partial charge in [0.2, 0.25) is 5.91 Å². The standard InChI is InChI=1S/C24H40N4O3.HI/c1-4-20(5-2)23(30)28-14-12-21(13-15-28)27-24(25-6-3)26-16-22(29)18-31-17-19-10-8-7-9-11-19;/h7-11,20-22,29H,4-6,12-18H2,1-3H3,(H2,25,26,27);1H. The number of halogens is 1. The van der Waals surface area contributed by atoms with E-state index in [4.69, 9.17) is 4.74 Å². The van der Waals surface area contributed by atoms with Crippen LogP contribution in [-0.4, -0.2) is 66.8 Å². The Morgan fingerprint density at radius 3 is 2.44 bits per heavy atom. The number of carbonyl (C=O) groups is 1. The van der Waals surface area contributed by atoms with Gasteiger partial charge in [0.05, 0.1) is 25.9 Å². The van der Waals surface area contributed by atoms with Crippen LogP contribution < -0.4 is 10.6 Å². The van der Waals surface area contributed by atoms with Crippen LogP contribution in [0.5, 0.6) is 0 Å². The molecule has 1 saturated heterocycles. The van der Waals surface area contributed by atoms with Gasteiger partial charge in [-0.25, -0.2) is 0 Å². The summed E-state index contributed by atoms with van der Waals surface area (Å²) < 4.78 is 5.60.